The van der Waals surface area contributed by atoms with Gasteiger partial charge in [0.15, 0.2) is 0 Å². The maximum atomic E-state index is 8.55. The van der Waals surface area contributed by atoms with Gasteiger partial charge in [0.25, 0.3) is 0 Å². The Hall–Kier alpha value is 0.900. The van der Waals surface area contributed by atoms with Crippen LogP contribution in [0.15, 0.2) is 0 Å². The van der Waals surface area contributed by atoms with E-state index in [1.807, 2.05) is 0 Å². The fourth-order valence-electron chi connectivity index (χ4n) is 0. The summed E-state index contributed by atoms with van der Waals surface area (Å²) in [6.07, 6.45) is 0. The standard InChI is InChI=1S/H3O4P.Te/c1-5(2,3)4;/h(H3,1,2,3,4);/q;+3/p-3. The predicted molar refractivity (Wildman–Crippen MR) is 13.4 cm³/mol. The molecule has 0 aromatic rings. The minimum Gasteiger partial charge on any atom is -0.822 e. The Morgan fingerprint density at radius 1 is 1.17 bits per heavy atom. The Kier molecular flexibility index (Phi) is 4.96. The van der Waals surface area contributed by atoms with Crippen molar-refractivity contribution < 1.29 is 19.2 Å². The zero-order chi connectivity index (χ0) is 4.50. The third kappa shape index (κ3) is 92.1. The first-order valence-electron chi connectivity index (χ1n) is 0.730. The molecule has 0 saturated carbocycles. The van der Waals surface area contributed by atoms with Crippen molar-refractivity contribution in [3.8, 4) is 0 Å². The fraction of sp³-hybridized carbons (Fsp3) is 0. The molecule has 0 aliphatic carbocycles. The first-order valence-corrected chi connectivity index (χ1v) is 2.19. The average Bonchev–Trinajstić information content (AvgIpc) is 0.722. The second kappa shape index (κ2) is 2.98. The number of hydrogen-bond acceptors (Lipinski definition) is 4. The van der Waals surface area contributed by atoms with Gasteiger partial charge in [-0.1, -0.05) is 0 Å². The molecular formula is O4PTe. The molecule has 0 rings (SSSR count). The van der Waals surface area contributed by atoms with Crippen LogP contribution in [0.25, 0.3) is 0 Å². The monoisotopic (exact) mass is 225 g/mol. The van der Waals surface area contributed by atoms with Gasteiger partial charge in [-0.15, -0.1) is 0 Å². The third-order valence-corrected chi connectivity index (χ3v) is 0. The minimum atomic E-state index is -5.39. The summed E-state index contributed by atoms with van der Waals surface area (Å²) in [5, 5.41) is 0. The molecular weight excluding hydrogens is 223 g/mol. The van der Waals surface area contributed by atoms with Gasteiger partial charge in [-0.3, -0.25) is 0 Å². The van der Waals surface area contributed by atoms with Gasteiger partial charge < -0.3 is 19.2 Å². The van der Waals surface area contributed by atoms with Crippen LogP contribution in [0.4, 0.5) is 0 Å². The van der Waals surface area contributed by atoms with E-state index in [2.05, 4.69) is 0 Å². The molecule has 6 heavy (non-hydrogen) atoms. The van der Waals surface area contributed by atoms with E-state index in [-0.39, 0.29) is 23.7 Å². The summed E-state index contributed by atoms with van der Waals surface area (Å²) in [6, 6.07) is 0. The van der Waals surface area contributed by atoms with Crippen LogP contribution in [0.5, 0.6) is 0 Å². The molecule has 0 N–H and O–H groups in total. The van der Waals surface area contributed by atoms with Gasteiger partial charge in [0.05, 0.1) is 0 Å². The van der Waals surface area contributed by atoms with Crippen LogP contribution in [0.2, 0.25) is 0 Å². The van der Waals surface area contributed by atoms with Crippen molar-refractivity contribution in [3.63, 3.8) is 0 Å². The zero-order valence-corrected chi connectivity index (χ0v) is 5.71. The molecule has 35 valence electrons. The van der Waals surface area contributed by atoms with Crippen molar-refractivity contribution >= 4 is 31.5 Å². The van der Waals surface area contributed by atoms with Crippen molar-refractivity contribution in [2.24, 2.45) is 0 Å². The van der Waals surface area contributed by atoms with E-state index in [1.54, 1.807) is 0 Å². The van der Waals surface area contributed by atoms with Gasteiger partial charge >= 0.3 is 23.7 Å². The number of rotatable bonds is 0. The SMILES string of the molecule is O=P([O-])([O-])[O-].[Te+3]. The molecule has 0 atom stereocenters. The van der Waals surface area contributed by atoms with E-state index in [9.17, 15) is 0 Å². The molecule has 0 amide bonds. The summed E-state index contributed by atoms with van der Waals surface area (Å²) in [5.74, 6) is 0. The topological polar surface area (TPSA) is 86.2 Å². The third-order valence-electron chi connectivity index (χ3n) is 0. The van der Waals surface area contributed by atoms with Crippen molar-refractivity contribution in [2.45, 2.75) is 0 Å². The van der Waals surface area contributed by atoms with Gasteiger partial charge in [-0.25, -0.2) is 0 Å². The van der Waals surface area contributed by atoms with Gasteiger partial charge in [-0.2, -0.15) is 7.82 Å². The molecule has 0 spiro atoms. The Bertz CT molecular complexity index is 53.7. The Morgan fingerprint density at radius 3 is 1.17 bits per heavy atom. The quantitative estimate of drug-likeness (QED) is 0.319. The molecule has 3 radical (unpaired) electrons. The Balaban J connectivity index is 0. The van der Waals surface area contributed by atoms with Gasteiger partial charge in [-0.05, 0) is 0 Å². The minimum absolute atomic E-state index is 0. The molecule has 0 aliphatic heterocycles. The van der Waals surface area contributed by atoms with Crippen LogP contribution in [0.1, 0.15) is 0 Å². The summed E-state index contributed by atoms with van der Waals surface area (Å²) in [6.45, 7) is 0. The van der Waals surface area contributed by atoms with Crippen LogP contribution in [0, 0.1) is 0 Å². The second-order valence-corrected chi connectivity index (χ2v) is 1.34. The summed E-state index contributed by atoms with van der Waals surface area (Å²) >= 11 is 0. The molecule has 0 unspecified atom stereocenters. The molecule has 4 nitrogen and oxygen atoms in total. The predicted octanol–water partition coefficient (Wildman–Crippen LogP) is -3.21. The zero-order valence-electron chi connectivity index (χ0n) is 2.49. The molecule has 0 fully saturated rings. The van der Waals surface area contributed by atoms with Crippen LogP contribution in [0.3, 0.4) is 0 Å². The Labute approximate surface area is 51.2 Å². The van der Waals surface area contributed by atoms with Crippen LogP contribution in [-0.2, 0) is 4.57 Å². The van der Waals surface area contributed by atoms with E-state index in [1.165, 1.54) is 0 Å². The largest absolute Gasteiger partial charge is 3.00 e. The smallest absolute Gasteiger partial charge is 0.822 e. The first-order chi connectivity index (χ1) is 2.00. The molecule has 6 heteroatoms. The van der Waals surface area contributed by atoms with Crippen molar-refractivity contribution in [2.75, 3.05) is 0 Å². The van der Waals surface area contributed by atoms with Gasteiger partial charge in [0.1, 0.15) is 0 Å². The maximum absolute atomic E-state index is 8.55. The number of hydrogen-bond donors (Lipinski definition) is 0. The molecule has 0 bridgehead atoms. The van der Waals surface area contributed by atoms with Crippen molar-refractivity contribution in [3.05, 3.63) is 0 Å². The van der Waals surface area contributed by atoms with Crippen LogP contribution in [-0.4, -0.2) is 23.7 Å². The summed E-state index contributed by atoms with van der Waals surface area (Å²) in [4.78, 5) is 25.6. The van der Waals surface area contributed by atoms with E-state index >= 15 is 0 Å². The summed E-state index contributed by atoms with van der Waals surface area (Å²) < 4.78 is 8.55. The fourth-order valence-corrected chi connectivity index (χ4v) is 0. The van der Waals surface area contributed by atoms with E-state index in [0.29, 0.717) is 0 Å². The molecule has 0 aliphatic rings. The van der Waals surface area contributed by atoms with Crippen LogP contribution < -0.4 is 14.7 Å². The number of phosphoric acid groups is 1. The van der Waals surface area contributed by atoms with Crippen LogP contribution >= 0.6 is 7.82 Å². The van der Waals surface area contributed by atoms with Crippen molar-refractivity contribution in [1.29, 1.82) is 0 Å². The van der Waals surface area contributed by atoms with Gasteiger partial charge in [0, 0.05) is 0 Å². The average molecular weight is 223 g/mol. The van der Waals surface area contributed by atoms with E-state index in [0.717, 1.165) is 0 Å². The Morgan fingerprint density at radius 2 is 1.17 bits per heavy atom. The second-order valence-electron chi connectivity index (χ2n) is 0.447. The summed E-state index contributed by atoms with van der Waals surface area (Å²) in [7, 11) is -5.39. The molecule has 0 heterocycles. The maximum Gasteiger partial charge on any atom is 3.00 e. The summed E-state index contributed by atoms with van der Waals surface area (Å²) in [5.41, 5.74) is 0. The molecule has 0 aromatic heterocycles. The van der Waals surface area contributed by atoms with E-state index < -0.39 is 7.82 Å². The molecule has 0 saturated heterocycles. The van der Waals surface area contributed by atoms with E-state index in [4.69, 9.17) is 19.2 Å². The van der Waals surface area contributed by atoms with Crippen molar-refractivity contribution in [1.82, 2.24) is 0 Å². The normalized spacial score (nSPS) is 9.83. The van der Waals surface area contributed by atoms with Gasteiger partial charge in [0.2, 0.25) is 0 Å². The first kappa shape index (κ1) is 10.0. The molecule has 0 aromatic carbocycles.